The molecule has 10 heteroatoms. The van der Waals surface area contributed by atoms with E-state index in [2.05, 4.69) is 0 Å². The number of esters is 4. The number of hydrogen-bond donors (Lipinski definition) is 0. The van der Waals surface area contributed by atoms with E-state index >= 15 is 0 Å². The summed E-state index contributed by atoms with van der Waals surface area (Å²) in [5, 5.41) is 0. The molecule has 0 aliphatic heterocycles. The third-order valence-corrected chi connectivity index (χ3v) is 8.02. The molecule has 3 aliphatic rings. The van der Waals surface area contributed by atoms with Gasteiger partial charge in [-0.15, -0.1) is 0 Å². The Labute approximate surface area is 222 Å². The summed E-state index contributed by atoms with van der Waals surface area (Å²) in [7, 11) is 0. The van der Waals surface area contributed by atoms with Gasteiger partial charge in [0.2, 0.25) is 0 Å². The van der Waals surface area contributed by atoms with Crippen LogP contribution >= 0.6 is 0 Å². The summed E-state index contributed by atoms with van der Waals surface area (Å²) in [6.45, 7) is 11.9. The minimum atomic E-state index is -1.45. The lowest BCUT2D eigenvalue weighted by molar-refractivity contribution is -0.170. The molecule has 0 aromatic rings. The van der Waals surface area contributed by atoms with Gasteiger partial charge in [-0.1, -0.05) is 13.8 Å². The topological polar surface area (TPSA) is 139 Å². The zero-order chi connectivity index (χ0) is 28.7. The lowest BCUT2D eigenvalue weighted by Gasteiger charge is -2.50. The molecule has 6 atom stereocenters. The van der Waals surface area contributed by atoms with Gasteiger partial charge in [0.15, 0.2) is 17.7 Å². The largest absolute Gasteiger partial charge is 0.461 e. The van der Waals surface area contributed by atoms with Crippen LogP contribution in [0.25, 0.3) is 0 Å². The second-order valence-electron chi connectivity index (χ2n) is 11.2. The zero-order valence-corrected chi connectivity index (χ0v) is 23.2. The predicted octanol–water partition coefficient (Wildman–Crippen LogP) is 2.95. The standard InChI is InChI=1S/C28H36O10/c1-13-21(35-14(2)29)10-19-22(36-15(3)30)9-18-12-28(8,23(11-20(18)33)37-16(4)31)26(34)25(38-17(5)32)24(13)27(19,6)7/h9,19,21-23,25H,10-12H2,1-8H3/b18-9+/t19-,21-,22+,23-,25-,28-/m0/s1. The van der Waals surface area contributed by atoms with E-state index in [0.717, 1.165) is 0 Å². The lowest BCUT2D eigenvalue weighted by atomic mass is 9.57. The van der Waals surface area contributed by atoms with Crippen molar-refractivity contribution in [2.75, 3.05) is 0 Å². The Kier molecular flexibility index (Phi) is 8.05. The van der Waals surface area contributed by atoms with Crippen molar-refractivity contribution < 1.29 is 47.7 Å². The van der Waals surface area contributed by atoms with Crippen LogP contribution in [0.3, 0.4) is 0 Å². The van der Waals surface area contributed by atoms with E-state index in [0.29, 0.717) is 11.1 Å². The molecule has 3 rings (SSSR count). The Hall–Kier alpha value is -3.30. The second-order valence-corrected chi connectivity index (χ2v) is 11.2. The first kappa shape index (κ1) is 29.3. The fourth-order valence-electron chi connectivity index (χ4n) is 6.24. The lowest BCUT2D eigenvalue weighted by Crippen LogP contribution is -2.56. The number of rotatable bonds is 4. The molecule has 38 heavy (non-hydrogen) atoms. The van der Waals surface area contributed by atoms with Gasteiger partial charge in [-0.05, 0) is 54.9 Å². The van der Waals surface area contributed by atoms with Gasteiger partial charge < -0.3 is 18.9 Å². The van der Waals surface area contributed by atoms with Crippen molar-refractivity contribution in [1.29, 1.82) is 0 Å². The number of carbonyl (C=O) groups is 6. The summed E-state index contributed by atoms with van der Waals surface area (Å²) < 4.78 is 22.5. The number of ether oxygens (including phenoxy) is 4. The van der Waals surface area contributed by atoms with E-state index in [1.807, 2.05) is 13.8 Å². The number of carbonyl (C=O) groups excluding carboxylic acids is 6. The number of hydrogen-bond acceptors (Lipinski definition) is 10. The minimum absolute atomic E-state index is 0.106. The molecule has 0 N–H and O–H groups in total. The molecular formula is C28H36O10. The molecule has 10 nitrogen and oxygen atoms in total. The summed E-state index contributed by atoms with van der Waals surface area (Å²) in [5.74, 6) is -3.93. The number of fused-ring (bicyclic) bond motifs is 4. The summed E-state index contributed by atoms with van der Waals surface area (Å²) in [6.07, 6.45) is -2.78. The average Bonchev–Trinajstić information content (AvgIpc) is 2.75. The van der Waals surface area contributed by atoms with Crippen molar-refractivity contribution in [2.24, 2.45) is 16.7 Å². The molecule has 0 saturated heterocycles. The van der Waals surface area contributed by atoms with Crippen LogP contribution in [0.15, 0.2) is 22.8 Å². The number of allylic oxidation sites excluding steroid dienone is 1. The van der Waals surface area contributed by atoms with Gasteiger partial charge >= 0.3 is 23.9 Å². The first-order valence-electron chi connectivity index (χ1n) is 12.7. The predicted molar refractivity (Wildman–Crippen MR) is 132 cm³/mol. The van der Waals surface area contributed by atoms with Crippen LogP contribution in [0.4, 0.5) is 0 Å². The number of Topliss-reactive ketones (excluding diaryl/α,β-unsaturated/α-hetero) is 2. The van der Waals surface area contributed by atoms with Crippen LogP contribution in [-0.4, -0.2) is 59.9 Å². The van der Waals surface area contributed by atoms with Gasteiger partial charge in [-0.3, -0.25) is 28.8 Å². The monoisotopic (exact) mass is 532 g/mol. The minimum Gasteiger partial charge on any atom is -0.461 e. The molecule has 208 valence electrons. The molecule has 0 spiro atoms. The fraction of sp³-hybridized carbons (Fsp3) is 0.643. The van der Waals surface area contributed by atoms with E-state index in [1.165, 1.54) is 27.7 Å². The van der Waals surface area contributed by atoms with E-state index in [9.17, 15) is 28.8 Å². The maximum atomic E-state index is 14.4. The van der Waals surface area contributed by atoms with Crippen LogP contribution in [0.2, 0.25) is 0 Å². The highest BCUT2D eigenvalue weighted by Gasteiger charge is 2.58. The van der Waals surface area contributed by atoms with Gasteiger partial charge in [0.1, 0.15) is 18.3 Å². The highest BCUT2D eigenvalue weighted by molar-refractivity contribution is 6.02. The normalized spacial score (nSPS) is 33.9. The maximum absolute atomic E-state index is 14.4. The number of ketones is 2. The molecule has 0 aromatic carbocycles. The molecule has 3 aliphatic carbocycles. The van der Waals surface area contributed by atoms with Crippen LogP contribution in [0, 0.1) is 16.7 Å². The smallest absolute Gasteiger partial charge is 0.303 e. The quantitative estimate of drug-likeness (QED) is 0.302. The zero-order valence-electron chi connectivity index (χ0n) is 23.2. The molecule has 4 bridgehead atoms. The Morgan fingerprint density at radius 3 is 1.92 bits per heavy atom. The van der Waals surface area contributed by atoms with Gasteiger partial charge in [0.05, 0.1) is 5.41 Å². The third-order valence-electron chi connectivity index (χ3n) is 8.02. The van der Waals surface area contributed by atoms with E-state index < -0.39 is 70.8 Å². The van der Waals surface area contributed by atoms with Crippen molar-refractivity contribution in [3.8, 4) is 0 Å². The van der Waals surface area contributed by atoms with Crippen LogP contribution in [-0.2, 0) is 47.7 Å². The van der Waals surface area contributed by atoms with Crippen LogP contribution < -0.4 is 0 Å². The van der Waals surface area contributed by atoms with Gasteiger partial charge in [0, 0.05) is 40.0 Å². The highest BCUT2D eigenvalue weighted by Crippen LogP contribution is 2.53. The van der Waals surface area contributed by atoms with E-state index in [4.69, 9.17) is 18.9 Å². The summed E-state index contributed by atoms with van der Waals surface area (Å²) >= 11 is 0. The third kappa shape index (κ3) is 5.44. The van der Waals surface area contributed by atoms with Gasteiger partial charge in [-0.25, -0.2) is 0 Å². The maximum Gasteiger partial charge on any atom is 0.303 e. The Morgan fingerprint density at radius 2 is 1.39 bits per heavy atom. The highest BCUT2D eigenvalue weighted by atomic mass is 16.6. The first-order valence-corrected chi connectivity index (χ1v) is 12.7. The van der Waals surface area contributed by atoms with Crippen molar-refractivity contribution >= 4 is 35.4 Å². The van der Waals surface area contributed by atoms with Crippen molar-refractivity contribution in [3.63, 3.8) is 0 Å². The molecule has 0 aromatic heterocycles. The van der Waals surface area contributed by atoms with E-state index in [1.54, 1.807) is 19.9 Å². The van der Waals surface area contributed by atoms with Crippen molar-refractivity contribution in [3.05, 3.63) is 22.8 Å². The molecule has 1 saturated carbocycles. The molecule has 1 fully saturated rings. The van der Waals surface area contributed by atoms with Crippen molar-refractivity contribution in [1.82, 2.24) is 0 Å². The SMILES string of the molecule is CC(=O)O[C@@H]1C(=O)[C@@]2(C)C/C(=C\[C@@H](OC(C)=O)[C@@H]3C[C@H](OC(C)=O)C(C)=C1C3(C)C)C(=O)C[C@@H]2OC(C)=O. The molecule has 0 unspecified atom stereocenters. The molecule has 0 radical (unpaired) electrons. The van der Waals surface area contributed by atoms with Crippen LogP contribution in [0.5, 0.6) is 0 Å². The fourth-order valence-corrected chi connectivity index (χ4v) is 6.24. The Morgan fingerprint density at radius 1 is 0.842 bits per heavy atom. The van der Waals surface area contributed by atoms with Gasteiger partial charge in [-0.2, -0.15) is 0 Å². The average molecular weight is 533 g/mol. The second kappa shape index (κ2) is 10.5. The summed E-state index contributed by atoms with van der Waals surface area (Å²) in [5.41, 5.74) is -1.14. The summed E-state index contributed by atoms with van der Waals surface area (Å²) in [6, 6.07) is 0. The Bertz CT molecular complexity index is 1140. The van der Waals surface area contributed by atoms with Crippen LogP contribution in [0.1, 0.15) is 74.7 Å². The molecule has 0 amide bonds. The van der Waals surface area contributed by atoms with E-state index in [-0.39, 0.29) is 30.6 Å². The molecular weight excluding hydrogens is 496 g/mol. The first-order chi connectivity index (χ1) is 17.5. The van der Waals surface area contributed by atoms with Crippen molar-refractivity contribution in [2.45, 2.75) is 99.1 Å². The summed E-state index contributed by atoms with van der Waals surface area (Å²) in [4.78, 5) is 76.1. The van der Waals surface area contributed by atoms with Gasteiger partial charge in [0.25, 0.3) is 0 Å². The Balaban J connectivity index is 2.39. The molecule has 0 heterocycles.